The normalized spacial score (nSPS) is 10.6. The van der Waals surface area contributed by atoms with E-state index in [1.807, 2.05) is 6.92 Å². The Hall–Kier alpha value is -3.02. The molecule has 0 bridgehead atoms. The van der Waals surface area contributed by atoms with Crippen LogP contribution in [0.5, 0.6) is 0 Å². The number of amides is 1. The summed E-state index contributed by atoms with van der Waals surface area (Å²) in [4.78, 5) is 16.4. The molecule has 0 saturated heterocycles. The van der Waals surface area contributed by atoms with Gasteiger partial charge in [-0.1, -0.05) is 12.1 Å². The van der Waals surface area contributed by atoms with Crippen LogP contribution in [-0.2, 0) is 0 Å². The zero-order chi connectivity index (χ0) is 16.4. The number of hydrogen-bond acceptors (Lipinski definition) is 3. The first-order valence-electron chi connectivity index (χ1n) is 7.10. The third-order valence-corrected chi connectivity index (χ3v) is 3.43. The zero-order valence-corrected chi connectivity index (χ0v) is 12.7. The Balaban J connectivity index is 1.78. The number of H-pyrrole nitrogens is 1. The Labute approximate surface area is 132 Å². The van der Waals surface area contributed by atoms with E-state index in [0.29, 0.717) is 17.1 Å². The Morgan fingerprint density at radius 2 is 1.87 bits per heavy atom. The van der Waals surface area contributed by atoms with Gasteiger partial charge in [0.15, 0.2) is 5.82 Å². The summed E-state index contributed by atoms with van der Waals surface area (Å²) in [7, 11) is 0. The lowest BCUT2D eigenvalue weighted by Crippen LogP contribution is -2.14. The van der Waals surface area contributed by atoms with Crippen molar-refractivity contribution >= 4 is 11.6 Å². The third-order valence-electron chi connectivity index (χ3n) is 3.43. The van der Waals surface area contributed by atoms with Crippen LogP contribution < -0.4 is 5.32 Å². The summed E-state index contributed by atoms with van der Waals surface area (Å²) in [5, 5.41) is 9.53. The molecular weight excluding hydrogens is 295 g/mol. The fourth-order valence-corrected chi connectivity index (χ4v) is 2.20. The van der Waals surface area contributed by atoms with Crippen LogP contribution in [0.15, 0.2) is 42.5 Å². The molecule has 1 amide bonds. The number of aromatic nitrogens is 3. The average molecular weight is 310 g/mol. The predicted octanol–water partition coefficient (Wildman–Crippen LogP) is 3.48. The highest BCUT2D eigenvalue weighted by molar-refractivity contribution is 6.04. The highest BCUT2D eigenvalue weighted by atomic mass is 19.1. The summed E-state index contributed by atoms with van der Waals surface area (Å²) in [5.74, 6) is 0.336. The van der Waals surface area contributed by atoms with Gasteiger partial charge in [0.2, 0.25) is 0 Å². The minimum atomic E-state index is -0.502. The van der Waals surface area contributed by atoms with Gasteiger partial charge in [-0.3, -0.25) is 9.89 Å². The van der Waals surface area contributed by atoms with Crippen molar-refractivity contribution in [1.82, 2.24) is 15.2 Å². The van der Waals surface area contributed by atoms with E-state index >= 15 is 0 Å². The number of aromatic amines is 1. The van der Waals surface area contributed by atoms with Crippen LogP contribution in [0.25, 0.3) is 11.4 Å². The van der Waals surface area contributed by atoms with Gasteiger partial charge in [-0.2, -0.15) is 5.10 Å². The Kier molecular flexibility index (Phi) is 3.89. The number of anilines is 1. The monoisotopic (exact) mass is 310 g/mol. The van der Waals surface area contributed by atoms with Crippen molar-refractivity contribution in [2.45, 2.75) is 13.8 Å². The number of rotatable bonds is 3. The highest BCUT2D eigenvalue weighted by Crippen LogP contribution is 2.19. The van der Waals surface area contributed by atoms with Crippen molar-refractivity contribution < 1.29 is 9.18 Å². The van der Waals surface area contributed by atoms with Crippen LogP contribution >= 0.6 is 0 Å². The van der Waals surface area contributed by atoms with Crippen molar-refractivity contribution in [1.29, 1.82) is 0 Å². The molecule has 0 atom stereocenters. The molecule has 116 valence electrons. The second kappa shape index (κ2) is 6.00. The van der Waals surface area contributed by atoms with Gasteiger partial charge in [-0.05, 0) is 49.7 Å². The summed E-state index contributed by atoms with van der Waals surface area (Å²) in [6.45, 7) is 3.45. The maximum Gasteiger partial charge on any atom is 0.258 e. The molecule has 0 fully saturated rings. The van der Waals surface area contributed by atoms with Crippen molar-refractivity contribution in [2.75, 3.05) is 5.32 Å². The lowest BCUT2D eigenvalue weighted by molar-refractivity contribution is 0.102. The highest BCUT2D eigenvalue weighted by Gasteiger charge is 2.13. The van der Waals surface area contributed by atoms with E-state index in [9.17, 15) is 9.18 Å². The molecule has 0 saturated carbocycles. The van der Waals surface area contributed by atoms with Gasteiger partial charge in [-0.15, -0.1) is 0 Å². The number of carbonyl (C=O) groups is 1. The average Bonchev–Trinajstić information content (AvgIpc) is 2.97. The molecule has 3 rings (SSSR count). The summed E-state index contributed by atoms with van der Waals surface area (Å²) in [5.41, 5.74) is 1.87. The second-order valence-corrected chi connectivity index (χ2v) is 5.21. The van der Waals surface area contributed by atoms with Gasteiger partial charge >= 0.3 is 0 Å². The third kappa shape index (κ3) is 3.11. The van der Waals surface area contributed by atoms with Crippen LogP contribution in [0, 0.1) is 19.7 Å². The number of nitrogens with zero attached hydrogens (tertiary/aromatic N) is 2. The van der Waals surface area contributed by atoms with E-state index in [4.69, 9.17) is 0 Å². The summed E-state index contributed by atoms with van der Waals surface area (Å²) in [6.07, 6.45) is 0. The van der Waals surface area contributed by atoms with Gasteiger partial charge in [0.1, 0.15) is 11.6 Å². The Bertz CT molecular complexity index is 855. The van der Waals surface area contributed by atoms with Crippen molar-refractivity contribution in [2.24, 2.45) is 0 Å². The van der Waals surface area contributed by atoms with Crippen molar-refractivity contribution in [3.63, 3.8) is 0 Å². The predicted molar refractivity (Wildman–Crippen MR) is 85.6 cm³/mol. The number of benzene rings is 2. The Morgan fingerprint density at radius 3 is 2.52 bits per heavy atom. The molecule has 2 N–H and O–H groups in total. The summed E-state index contributed by atoms with van der Waals surface area (Å²) < 4.78 is 14.0. The SMILES string of the molecule is Cc1nc(-c2ccc(NC(=O)c3cccc(C)c3F)cc2)n[nH]1. The first kappa shape index (κ1) is 14.9. The van der Waals surface area contributed by atoms with E-state index < -0.39 is 11.7 Å². The molecule has 6 heteroatoms. The molecule has 3 aromatic rings. The lowest BCUT2D eigenvalue weighted by Gasteiger charge is -2.07. The van der Waals surface area contributed by atoms with Crippen molar-refractivity contribution in [3.8, 4) is 11.4 Å². The molecule has 23 heavy (non-hydrogen) atoms. The number of halogens is 1. The summed E-state index contributed by atoms with van der Waals surface area (Å²) in [6, 6.07) is 11.8. The van der Waals surface area contributed by atoms with Gasteiger partial charge < -0.3 is 5.32 Å². The minimum Gasteiger partial charge on any atom is -0.322 e. The first-order chi connectivity index (χ1) is 11.0. The number of carbonyl (C=O) groups excluding carboxylic acids is 1. The van der Waals surface area contributed by atoms with E-state index in [0.717, 1.165) is 11.4 Å². The standard InChI is InChI=1S/C17H15FN4O/c1-10-4-3-5-14(15(10)18)17(23)20-13-8-6-12(7-9-13)16-19-11(2)21-22-16/h3-9H,1-2H3,(H,20,23)(H,19,21,22). The molecule has 0 aliphatic heterocycles. The Morgan fingerprint density at radius 1 is 1.13 bits per heavy atom. The van der Waals surface area contributed by atoms with Gasteiger partial charge in [0.05, 0.1) is 5.56 Å². The quantitative estimate of drug-likeness (QED) is 0.778. The maximum absolute atomic E-state index is 14.0. The van der Waals surface area contributed by atoms with Crippen molar-refractivity contribution in [3.05, 3.63) is 65.2 Å². The fraction of sp³-hybridized carbons (Fsp3) is 0.118. The largest absolute Gasteiger partial charge is 0.322 e. The smallest absolute Gasteiger partial charge is 0.258 e. The van der Waals surface area contributed by atoms with Gasteiger partial charge in [-0.25, -0.2) is 9.37 Å². The molecule has 2 aromatic carbocycles. The van der Waals surface area contributed by atoms with Crippen LogP contribution in [-0.4, -0.2) is 21.1 Å². The molecular formula is C17H15FN4O. The molecule has 0 spiro atoms. The molecule has 0 radical (unpaired) electrons. The fourth-order valence-electron chi connectivity index (χ4n) is 2.20. The minimum absolute atomic E-state index is 0.0265. The number of hydrogen-bond donors (Lipinski definition) is 2. The zero-order valence-electron chi connectivity index (χ0n) is 12.7. The second-order valence-electron chi connectivity index (χ2n) is 5.21. The molecule has 1 heterocycles. The van der Waals surface area contributed by atoms with Crippen LogP contribution in [0.4, 0.5) is 10.1 Å². The molecule has 0 unspecified atom stereocenters. The molecule has 1 aromatic heterocycles. The van der Waals surface area contributed by atoms with Gasteiger partial charge in [0, 0.05) is 11.3 Å². The maximum atomic E-state index is 14.0. The van der Waals surface area contributed by atoms with Crippen LogP contribution in [0.2, 0.25) is 0 Å². The summed E-state index contributed by atoms with van der Waals surface area (Å²) >= 11 is 0. The van der Waals surface area contributed by atoms with Crippen LogP contribution in [0.1, 0.15) is 21.7 Å². The van der Waals surface area contributed by atoms with E-state index in [1.165, 1.54) is 6.07 Å². The van der Waals surface area contributed by atoms with E-state index in [1.54, 1.807) is 43.3 Å². The lowest BCUT2D eigenvalue weighted by atomic mass is 10.1. The molecule has 0 aliphatic carbocycles. The molecule has 5 nitrogen and oxygen atoms in total. The topological polar surface area (TPSA) is 70.7 Å². The number of aryl methyl sites for hydroxylation is 2. The first-order valence-corrected chi connectivity index (χ1v) is 7.10. The molecule has 0 aliphatic rings. The van der Waals surface area contributed by atoms with E-state index in [2.05, 4.69) is 20.5 Å². The number of nitrogens with one attached hydrogen (secondary N) is 2. The van der Waals surface area contributed by atoms with Gasteiger partial charge in [0.25, 0.3) is 5.91 Å². The van der Waals surface area contributed by atoms with E-state index in [-0.39, 0.29) is 5.56 Å². The van der Waals surface area contributed by atoms with Crippen LogP contribution in [0.3, 0.4) is 0 Å².